The van der Waals surface area contributed by atoms with Gasteiger partial charge in [0.2, 0.25) is 5.91 Å². The number of aliphatic hydroxyl groups excluding tert-OH is 1. The van der Waals surface area contributed by atoms with Crippen molar-refractivity contribution in [3.63, 3.8) is 0 Å². The molecule has 2 N–H and O–H groups in total. The van der Waals surface area contributed by atoms with Crippen LogP contribution in [0.1, 0.15) is 71.1 Å². The molecule has 1 atom stereocenters. The zero-order chi connectivity index (χ0) is 27.1. The molecule has 0 radical (unpaired) electrons. The van der Waals surface area contributed by atoms with Gasteiger partial charge in [0.05, 0.1) is 10.2 Å². The Labute approximate surface area is 230 Å². The fourth-order valence-electron chi connectivity index (χ4n) is 4.70. The Bertz CT molecular complexity index is 1370. The number of fused-ring (bicyclic) bond motifs is 1. The van der Waals surface area contributed by atoms with E-state index in [0.29, 0.717) is 18.0 Å². The van der Waals surface area contributed by atoms with Gasteiger partial charge in [-0.15, -0.1) is 0 Å². The van der Waals surface area contributed by atoms with Crippen LogP contribution in [0.15, 0.2) is 38.5 Å². The maximum absolute atomic E-state index is 13.4. The predicted octanol–water partition coefficient (Wildman–Crippen LogP) is 7.76. The Kier molecular flexibility index (Phi) is 7.79. The molecular weight excluding hydrogens is 525 g/mol. The van der Waals surface area contributed by atoms with Gasteiger partial charge in [-0.1, -0.05) is 57.7 Å². The SMILES string of the molecule is CC(=O)Nc1nc2c(C)cc(SC3=C(O)CC(CCc4ccsc4)(C(C)C)OC3=O)c(C(C)(C)C)c2s1. The number of thioether (sulfide) groups is 1. The number of nitrogens with zero attached hydrogens (tertiary/aromatic N) is 1. The third-order valence-corrected chi connectivity index (χ3v) is 9.61. The molecule has 3 heterocycles. The molecule has 2 aromatic heterocycles. The van der Waals surface area contributed by atoms with Crippen LogP contribution in [0.5, 0.6) is 0 Å². The summed E-state index contributed by atoms with van der Waals surface area (Å²) in [6.45, 7) is 13.8. The molecule has 1 aliphatic heterocycles. The van der Waals surface area contributed by atoms with Crippen molar-refractivity contribution in [2.24, 2.45) is 5.92 Å². The first-order chi connectivity index (χ1) is 17.3. The Morgan fingerprint density at radius 3 is 2.65 bits per heavy atom. The van der Waals surface area contributed by atoms with Crippen molar-refractivity contribution < 1.29 is 19.4 Å². The first-order valence-corrected chi connectivity index (χ1v) is 14.9. The van der Waals surface area contributed by atoms with Crippen molar-refractivity contribution in [3.05, 3.63) is 50.2 Å². The number of aliphatic hydroxyl groups is 1. The Hall–Kier alpha value is -2.36. The highest BCUT2D eigenvalue weighted by Crippen LogP contribution is 2.48. The molecule has 0 spiro atoms. The standard InChI is InChI=1S/C28H34N2O4S3/c1-15(2)28(10-8-18-9-11-35-14-18)13-19(32)23(25(33)34-28)36-20-12-16(3)22-24(21(20)27(5,6)7)37-26(30-22)29-17(4)31/h9,11-12,14-15,32H,8,10,13H2,1-7H3,(H,29,30,31). The number of hydrogen-bond donors (Lipinski definition) is 2. The van der Waals surface area contributed by atoms with Crippen molar-refractivity contribution in [1.82, 2.24) is 4.98 Å². The Balaban J connectivity index is 1.72. The van der Waals surface area contributed by atoms with Crippen LogP contribution in [0, 0.1) is 12.8 Å². The minimum Gasteiger partial charge on any atom is -0.511 e. The molecule has 0 aliphatic carbocycles. The summed E-state index contributed by atoms with van der Waals surface area (Å²) in [5.74, 6) is -0.511. The van der Waals surface area contributed by atoms with E-state index in [4.69, 9.17) is 4.74 Å². The molecular formula is C28H34N2O4S3. The van der Waals surface area contributed by atoms with Gasteiger partial charge in [-0.25, -0.2) is 9.78 Å². The fourth-order valence-corrected chi connectivity index (χ4v) is 8.10. The number of benzene rings is 1. The van der Waals surface area contributed by atoms with Gasteiger partial charge in [-0.2, -0.15) is 11.3 Å². The number of rotatable bonds is 7. The highest BCUT2D eigenvalue weighted by atomic mass is 32.2. The molecule has 198 valence electrons. The highest BCUT2D eigenvalue weighted by molar-refractivity contribution is 8.04. The molecule has 4 rings (SSSR count). The Morgan fingerprint density at radius 1 is 1.35 bits per heavy atom. The van der Waals surface area contributed by atoms with Crippen molar-refractivity contribution in [1.29, 1.82) is 0 Å². The average Bonchev–Trinajstić information content (AvgIpc) is 3.43. The van der Waals surface area contributed by atoms with E-state index in [-0.39, 0.29) is 27.9 Å². The lowest BCUT2D eigenvalue weighted by Crippen LogP contribution is -2.44. The van der Waals surface area contributed by atoms with Crippen LogP contribution in [0.25, 0.3) is 10.2 Å². The van der Waals surface area contributed by atoms with Gasteiger partial charge in [0.1, 0.15) is 16.3 Å². The van der Waals surface area contributed by atoms with E-state index in [9.17, 15) is 14.7 Å². The van der Waals surface area contributed by atoms with Crippen molar-refractivity contribution >= 4 is 61.7 Å². The number of anilines is 1. The predicted molar refractivity (Wildman–Crippen MR) is 154 cm³/mol. The largest absolute Gasteiger partial charge is 0.511 e. The topological polar surface area (TPSA) is 88.5 Å². The van der Waals surface area contributed by atoms with E-state index in [1.165, 1.54) is 35.6 Å². The van der Waals surface area contributed by atoms with Gasteiger partial charge in [0.15, 0.2) is 5.13 Å². The highest BCUT2D eigenvalue weighted by Gasteiger charge is 2.44. The van der Waals surface area contributed by atoms with E-state index >= 15 is 0 Å². The van der Waals surface area contributed by atoms with Crippen molar-refractivity contribution in [3.8, 4) is 0 Å². The van der Waals surface area contributed by atoms with Gasteiger partial charge >= 0.3 is 5.97 Å². The number of hydrogen-bond acceptors (Lipinski definition) is 8. The van der Waals surface area contributed by atoms with E-state index in [1.807, 2.05) is 32.2 Å². The lowest BCUT2D eigenvalue weighted by molar-refractivity contribution is -0.164. The molecule has 1 unspecified atom stereocenters. The van der Waals surface area contributed by atoms with Crippen LogP contribution >= 0.6 is 34.4 Å². The van der Waals surface area contributed by atoms with Crippen LogP contribution in [0.2, 0.25) is 0 Å². The zero-order valence-corrected chi connectivity index (χ0v) is 24.8. The van der Waals surface area contributed by atoms with Crippen LogP contribution in [-0.2, 0) is 26.2 Å². The second-order valence-corrected chi connectivity index (χ2v) is 13.8. The van der Waals surface area contributed by atoms with E-state index in [2.05, 4.69) is 42.5 Å². The van der Waals surface area contributed by atoms with Gasteiger partial charge in [-0.05, 0) is 70.7 Å². The molecule has 0 bridgehead atoms. The summed E-state index contributed by atoms with van der Waals surface area (Å²) < 4.78 is 7.12. The number of nitrogens with one attached hydrogen (secondary N) is 1. The van der Waals surface area contributed by atoms with E-state index in [1.54, 1.807) is 11.3 Å². The molecule has 0 saturated carbocycles. The minimum atomic E-state index is -0.745. The maximum Gasteiger partial charge on any atom is 0.349 e. The summed E-state index contributed by atoms with van der Waals surface area (Å²) >= 11 is 4.34. The monoisotopic (exact) mass is 558 g/mol. The molecule has 9 heteroatoms. The van der Waals surface area contributed by atoms with Crippen molar-refractivity contribution in [2.45, 2.75) is 83.6 Å². The average molecular weight is 559 g/mol. The lowest BCUT2D eigenvalue weighted by Gasteiger charge is -2.40. The van der Waals surface area contributed by atoms with Gasteiger partial charge in [0.25, 0.3) is 0 Å². The quantitative estimate of drug-likeness (QED) is 0.288. The van der Waals surface area contributed by atoms with Gasteiger partial charge in [-0.3, -0.25) is 4.79 Å². The summed E-state index contributed by atoms with van der Waals surface area (Å²) in [5, 5.41) is 18.7. The van der Waals surface area contributed by atoms with Crippen LogP contribution in [0.3, 0.4) is 0 Å². The third-order valence-electron chi connectivity index (χ3n) is 6.75. The third kappa shape index (κ3) is 5.73. The van der Waals surface area contributed by atoms with Gasteiger partial charge < -0.3 is 15.2 Å². The summed E-state index contributed by atoms with van der Waals surface area (Å²) in [6, 6.07) is 4.10. The fraction of sp³-hybridized carbons (Fsp3) is 0.464. The number of carbonyl (C=O) groups is 2. The number of carbonyl (C=O) groups excluding carboxylic acids is 2. The smallest absolute Gasteiger partial charge is 0.349 e. The molecule has 6 nitrogen and oxygen atoms in total. The first-order valence-electron chi connectivity index (χ1n) is 12.4. The summed E-state index contributed by atoms with van der Waals surface area (Å²) in [6.07, 6.45) is 1.74. The summed E-state index contributed by atoms with van der Waals surface area (Å²) in [5.41, 5.74) is 3.00. The number of aryl methyl sites for hydroxylation is 2. The van der Waals surface area contributed by atoms with Crippen LogP contribution in [-0.4, -0.2) is 27.6 Å². The number of ether oxygens (including phenoxy) is 1. The number of esters is 1. The van der Waals surface area contributed by atoms with Gasteiger partial charge in [0, 0.05) is 18.2 Å². The number of amides is 1. The minimum absolute atomic E-state index is 0.0527. The number of aromatic nitrogens is 1. The molecule has 1 aliphatic rings. The summed E-state index contributed by atoms with van der Waals surface area (Å²) in [7, 11) is 0. The molecule has 37 heavy (non-hydrogen) atoms. The van der Waals surface area contributed by atoms with Crippen molar-refractivity contribution in [2.75, 3.05) is 5.32 Å². The number of thiazole rings is 1. The van der Waals surface area contributed by atoms with E-state index < -0.39 is 11.6 Å². The number of cyclic esters (lactones) is 1. The molecule has 3 aromatic rings. The maximum atomic E-state index is 13.4. The number of thiophene rings is 1. The normalized spacial score (nSPS) is 18.5. The molecule has 0 fully saturated rings. The summed E-state index contributed by atoms with van der Waals surface area (Å²) in [4.78, 5) is 30.8. The Morgan fingerprint density at radius 2 is 2.08 bits per heavy atom. The zero-order valence-electron chi connectivity index (χ0n) is 22.4. The second-order valence-electron chi connectivity index (χ2n) is 11.0. The lowest BCUT2D eigenvalue weighted by atomic mass is 9.80. The first kappa shape index (κ1) is 27.7. The molecule has 1 amide bonds. The molecule has 1 aromatic carbocycles. The van der Waals surface area contributed by atoms with Crippen LogP contribution in [0.4, 0.5) is 5.13 Å². The van der Waals surface area contributed by atoms with E-state index in [0.717, 1.165) is 32.7 Å². The van der Waals surface area contributed by atoms with Crippen LogP contribution < -0.4 is 5.32 Å². The second kappa shape index (κ2) is 10.4. The molecule has 0 saturated heterocycles.